The molecule has 4 heteroatoms. The van der Waals surface area contributed by atoms with Crippen molar-refractivity contribution < 1.29 is 19.1 Å². The van der Waals surface area contributed by atoms with Crippen LogP contribution in [0.2, 0.25) is 0 Å². The van der Waals surface area contributed by atoms with E-state index in [0.717, 1.165) is 25.7 Å². The Morgan fingerprint density at radius 3 is 1.96 bits per heavy atom. The van der Waals surface area contributed by atoms with E-state index < -0.39 is 0 Å². The molecule has 0 radical (unpaired) electrons. The zero-order valence-electron chi connectivity index (χ0n) is 16.1. The van der Waals surface area contributed by atoms with Crippen molar-refractivity contribution in [2.45, 2.75) is 110 Å². The van der Waals surface area contributed by atoms with E-state index in [0.29, 0.717) is 32.3 Å². The molecule has 0 saturated heterocycles. The van der Waals surface area contributed by atoms with Crippen LogP contribution in [0.4, 0.5) is 0 Å². The Labute approximate surface area is 148 Å². The van der Waals surface area contributed by atoms with Gasteiger partial charge in [0, 0.05) is 12.8 Å². The molecule has 0 aliphatic carbocycles. The average Bonchev–Trinajstić information content (AvgIpc) is 2.55. The number of carbonyl (C=O) groups is 2. The molecular weight excluding hydrogens is 304 g/mol. The van der Waals surface area contributed by atoms with Gasteiger partial charge in [-0.15, -0.1) is 0 Å². The molecule has 0 fully saturated rings. The Morgan fingerprint density at radius 2 is 1.33 bits per heavy atom. The molecule has 0 aromatic rings. The number of hydrogen-bond donors (Lipinski definition) is 0. The topological polar surface area (TPSA) is 52.6 Å². The minimum absolute atomic E-state index is 0.00226. The molecule has 0 aliphatic heterocycles. The van der Waals surface area contributed by atoms with Gasteiger partial charge < -0.3 is 9.47 Å². The molecule has 0 amide bonds. The first-order valence-corrected chi connectivity index (χ1v) is 9.95. The maximum Gasteiger partial charge on any atom is 0.306 e. The Kier molecular flexibility index (Phi) is 16.0. The SMILES string of the molecule is CCCCCCOC(=O)CCCCC(=O)OC(C)CCCCCC. The third kappa shape index (κ3) is 15.8. The van der Waals surface area contributed by atoms with Crippen molar-refractivity contribution in [1.29, 1.82) is 0 Å². The highest BCUT2D eigenvalue weighted by Gasteiger charge is 2.10. The zero-order chi connectivity index (χ0) is 18.0. The highest BCUT2D eigenvalue weighted by atomic mass is 16.5. The highest BCUT2D eigenvalue weighted by molar-refractivity contribution is 5.70. The number of hydrogen-bond acceptors (Lipinski definition) is 4. The molecule has 0 aromatic carbocycles. The van der Waals surface area contributed by atoms with Crippen LogP contribution in [-0.4, -0.2) is 24.6 Å². The summed E-state index contributed by atoms with van der Waals surface area (Å²) in [6.45, 7) is 6.83. The molecular formula is C20H38O4. The summed E-state index contributed by atoms with van der Waals surface area (Å²) in [5.74, 6) is -0.296. The van der Waals surface area contributed by atoms with Crippen molar-refractivity contribution in [3.8, 4) is 0 Å². The molecule has 0 rings (SSSR count). The van der Waals surface area contributed by atoms with Crippen molar-refractivity contribution in [1.82, 2.24) is 0 Å². The van der Waals surface area contributed by atoms with E-state index in [1.165, 1.54) is 32.1 Å². The number of ether oxygens (including phenoxy) is 2. The molecule has 142 valence electrons. The van der Waals surface area contributed by atoms with Gasteiger partial charge in [-0.05, 0) is 39.0 Å². The summed E-state index contributed by atoms with van der Waals surface area (Å²) >= 11 is 0. The van der Waals surface area contributed by atoms with Crippen LogP contribution in [0.1, 0.15) is 104 Å². The number of carbonyl (C=O) groups excluding carboxylic acids is 2. The Balaban J connectivity index is 3.48. The third-order valence-electron chi connectivity index (χ3n) is 4.07. The molecule has 1 atom stereocenters. The lowest BCUT2D eigenvalue weighted by molar-refractivity contribution is -0.149. The van der Waals surface area contributed by atoms with E-state index in [9.17, 15) is 9.59 Å². The van der Waals surface area contributed by atoms with Crippen molar-refractivity contribution in [3.05, 3.63) is 0 Å². The highest BCUT2D eigenvalue weighted by Crippen LogP contribution is 2.10. The fraction of sp³-hybridized carbons (Fsp3) is 0.900. The van der Waals surface area contributed by atoms with Crippen LogP contribution in [0.15, 0.2) is 0 Å². The number of esters is 2. The smallest absolute Gasteiger partial charge is 0.306 e. The van der Waals surface area contributed by atoms with E-state index in [1.54, 1.807) is 0 Å². The largest absolute Gasteiger partial charge is 0.466 e. The molecule has 1 unspecified atom stereocenters. The predicted molar refractivity (Wildman–Crippen MR) is 97.9 cm³/mol. The second-order valence-electron chi connectivity index (χ2n) is 6.64. The van der Waals surface area contributed by atoms with Crippen molar-refractivity contribution in [2.24, 2.45) is 0 Å². The second-order valence-corrected chi connectivity index (χ2v) is 6.64. The van der Waals surface area contributed by atoms with Gasteiger partial charge in [-0.2, -0.15) is 0 Å². The van der Waals surface area contributed by atoms with Gasteiger partial charge in [0.1, 0.15) is 0 Å². The number of unbranched alkanes of at least 4 members (excludes halogenated alkanes) is 7. The van der Waals surface area contributed by atoms with Gasteiger partial charge in [-0.25, -0.2) is 0 Å². The maximum atomic E-state index is 11.7. The third-order valence-corrected chi connectivity index (χ3v) is 4.07. The van der Waals surface area contributed by atoms with E-state index in [4.69, 9.17) is 9.47 Å². The van der Waals surface area contributed by atoms with Crippen LogP contribution in [0.3, 0.4) is 0 Å². The molecule has 0 aromatic heterocycles. The van der Waals surface area contributed by atoms with Gasteiger partial charge in [-0.3, -0.25) is 9.59 Å². The molecule has 24 heavy (non-hydrogen) atoms. The second kappa shape index (κ2) is 16.8. The zero-order valence-corrected chi connectivity index (χ0v) is 16.1. The quantitative estimate of drug-likeness (QED) is 0.272. The van der Waals surface area contributed by atoms with E-state index in [2.05, 4.69) is 13.8 Å². The first-order valence-electron chi connectivity index (χ1n) is 9.95. The predicted octanol–water partition coefficient (Wildman–Crippen LogP) is 5.57. The average molecular weight is 343 g/mol. The van der Waals surface area contributed by atoms with Crippen LogP contribution in [0.25, 0.3) is 0 Å². The Hall–Kier alpha value is -1.06. The van der Waals surface area contributed by atoms with E-state index in [-0.39, 0.29) is 18.0 Å². The lowest BCUT2D eigenvalue weighted by atomic mass is 10.1. The molecule has 0 N–H and O–H groups in total. The van der Waals surface area contributed by atoms with Gasteiger partial charge in [0.2, 0.25) is 0 Å². The first-order chi connectivity index (χ1) is 11.6. The van der Waals surface area contributed by atoms with Gasteiger partial charge >= 0.3 is 11.9 Å². The summed E-state index contributed by atoms with van der Waals surface area (Å²) in [4.78, 5) is 23.3. The normalized spacial score (nSPS) is 12.0. The van der Waals surface area contributed by atoms with Crippen LogP contribution in [0.5, 0.6) is 0 Å². The summed E-state index contributed by atoms with van der Waals surface area (Å²) in [6, 6.07) is 0. The van der Waals surface area contributed by atoms with Gasteiger partial charge in [0.15, 0.2) is 0 Å². The van der Waals surface area contributed by atoms with Gasteiger partial charge in [-0.1, -0.05) is 52.4 Å². The van der Waals surface area contributed by atoms with Gasteiger partial charge in [0.25, 0.3) is 0 Å². The first kappa shape index (κ1) is 22.9. The summed E-state index contributed by atoms with van der Waals surface area (Å²) in [5.41, 5.74) is 0. The Morgan fingerprint density at radius 1 is 0.750 bits per heavy atom. The molecule has 0 spiro atoms. The van der Waals surface area contributed by atoms with E-state index in [1.807, 2.05) is 6.92 Å². The van der Waals surface area contributed by atoms with E-state index >= 15 is 0 Å². The fourth-order valence-corrected chi connectivity index (χ4v) is 2.53. The summed E-state index contributed by atoms with van der Waals surface area (Å²) in [5, 5.41) is 0. The Bertz CT molecular complexity index is 315. The van der Waals surface area contributed by atoms with Crippen LogP contribution in [-0.2, 0) is 19.1 Å². The monoisotopic (exact) mass is 342 g/mol. The molecule has 4 nitrogen and oxygen atoms in total. The standard InChI is InChI=1S/C20H38O4/c1-4-6-8-10-14-18(3)24-20(22)16-12-11-15-19(21)23-17-13-9-7-5-2/h18H,4-17H2,1-3H3. The molecule has 0 aliphatic rings. The van der Waals surface area contributed by atoms with Gasteiger partial charge in [0.05, 0.1) is 12.7 Å². The summed E-state index contributed by atoms with van der Waals surface area (Å²) < 4.78 is 10.6. The van der Waals surface area contributed by atoms with Crippen LogP contribution < -0.4 is 0 Å². The molecule has 0 heterocycles. The molecule has 0 saturated carbocycles. The number of rotatable bonds is 16. The lowest BCUT2D eigenvalue weighted by Gasteiger charge is -2.13. The maximum absolute atomic E-state index is 11.7. The van der Waals surface area contributed by atoms with Crippen molar-refractivity contribution in [2.75, 3.05) is 6.61 Å². The van der Waals surface area contributed by atoms with Crippen LogP contribution in [0, 0.1) is 0 Å². The summed E-state index contributed by atoms with van der Waals surface area (Å²) in [7, 11) is 0. The summed E-state index contributed by atoms with van der Waals surface area (Å²) in [6.07, 6.45) is 12.3. The van der Waals surface area contributed by atoms with Crippen molar-refractivity contribution >= 4 is 11.9 Å². The lowest BCUT2D eigenvalue weighted by Crippen LogP contribution is -2.14. The molecule has 0 bridgehead atoms. The van der Waals surface area contributed by atoms with Crippen molar-refractivity contribution in [3.63, 3.8) is 0 Å². The minimum atomic E-state index is -0.149. The minimum Gasteiger partial charge on any atom is -0.466 e. The van der Waals surface area contributed by atoms with Crippen LogP contribution >= 0.6 is 0 Å². The fourth-order valence-electron chi connectivity index (χ4n) is 2.53.